The molecule has 6 heteroatoms. The molecule has 1 aromatic heterocycles. The number of aromatic amines is 1. The molecule has 2 N–H and O–H groups in total. The van der Waals surface area contributed by atoms with Gasteiger partial charge in [-0.1, -0.05) is 0 Å². The molecule has 0 unspecified atom stereocenters. The summed E-state index contributed by atoms with van der Waals surface area (Å²) in [5, 5.41) is 10.9. The average molecular weight is 303 g/mol. The van der Waals surface area contributed by atoms with Crippen LogP contribution in [0.1, 0.15) is 32.6 Å². The lowest BCUT2D eigenvalue weighted by Gasteiger charge is -2.29. The summed E-state index contributed by atoms with van der Waals surface area (Å²) >= 11 is 0. The third-order valence-corrected chi connectivity index (χ3v) is 4.12. The van der Waals surface area contributed by atoms with Gasteiger partial charge in [0.1, 0.15) is 0 Å². The number of amides is 1. The van der Waals surface area contributed by atoms with Crippen LogP contribution in [0.2, 0.25) is 0 Å². The zero-order valence-electron chi connectivity index (χ0n) is 12.9. The number of rotatable bonds is 4. The zero-order valence-corrected chi connectivity index (χ0v) is 12.9. The number of H-pyrrole nitrogens is 1. The number of hydrogen-bond donors (Lipinski definition) is 2. The van der Waals surface area contributed by atoms with Gasteiger partial charge in [0.05, 0.1) is 30.3 Å². The molecule has 0 bridgehead atoms. The van der Waals surface area contributed by atoms with E-state index in [9.17, 15) is 4.79 Å². The molecule has 1 heterocycles. The highest BCUT2D eigenvalue weighted by atomic mass is 16.5. The molecule has 1 saturated carbocycles. The van der Waals surface area contributed by atoms with Crippen LogP contribution in [0, 0.1) is 0 Å². The summed E-state index contributed by atoms with van der Waals surface area (Å²) < 4.78 is 11.6. The molecule has 118 valence electrons. The lowest BCUT2D eigenvalue weighted by molar-refractivity contribution is -0.120. The number of aromatic nitrogens is 2. The topological polar surface area (TPSA) is 76.2 Å². The van der Waals surface area contributed by atoms with Gasteiger partial charge in [0.25, 0.3) is 0 Å². The predicted octanol–water partition coefficient (Wildman–Crippen LogP) is 2.40. The van der Waals surface area contributed by atoms with Crippen molar-refractivity contribution in [2.24, 2.45) is 0 Å². The molecule has 1 aromatic carbocycles. The summed E-state index contributed by atoms with van der Waals surface area (Å²) in [6.45, 7) is 1.56. The third kappa shape index (κ3) is 3.00. The van der Waals surface area contributed by atoms with Crippen LogP contribution in [0.3, 0.4) is 0 Å². The Bertz CT molecular complexity index is 660. The number of carbonyl (C=O) groups is 1. The van der Waals surface area contributed by atoms with E-state index in [4.69, 9.17) is 9.47 Å². The molecule has 0 atom stereocenters. The zero-order chi connectivity index (χ0) is 15.5. The van der Waals surface area contributed by atoms with E-state index in [-0.39, 0.29) is 18.1 Å². The van der Waals surface area contributed by atoms with Crippen molar-refractivity contribution < 1.29 is 14.3 Å². The van der Waals surface area contributed by atoms with E-state index in [2.05, 4.69) is 15.5 Å². The van der Waals surface area contributed by atoms with Gasteiger partial charge >= 0.3 is 0 Å². The van der Waals surface area contributed by atoms with Crippen LogP contribution in [0.5, 0.6) is 11.5 Å². The summed E-state index contributed by atoms with van der Waals surface area (Å²) in [6.07, 6.45) is 5.65. The van der Waals surface area contributed by atoms with Crippen LogP contribution in [-0.2, 0) is 4.79 Å². The van der Waals surface area contributed by atoms with E-state index in [0.717, 1.165) is 48.1 Å². The first-order valence-electron chi connectivity index (χ1n) is 7.61. The summed E-state index contributed by atoms with van der Waals surface area (Å²) in [6, 6.07) is 4.14. The summed E-state index contributed by atoms with van der Waals surface area (Å²) in [4.78, 5) is 11.1. The molecule has 1 fully saturated rings. The first kappa shape index (κ1) is 14.7. The van der Waals surface area contributed by atoms with Gasteiger partial charge in [-0.3, -0.25) is 9.89 Å². The van der Waals surface area contributed by atoms with Crippen LogP contribution in [0.25, 0.3) is 10.9 Å². The molecule has 2 aromatic rings. The van der Waals surface area contributed by atoms with Gasteiger partial charge in [0, 0.05) is 13.0 Å². The molecule has 0 aliphatic heterocycles. The molecule has 0 spiro atoms. The second kappa shape index (κ2) is 6.25. The smallest absolute Gasteiger partial charge is 0.217 e. The molecule has 1 aliphatic carbocycles. The second-order valence-electron chi connectivity index (χ2n) is 5.72. The first-order chi connectivity index (χ1) is 10.7. The van der Waals surface area contributed by atoms with E-state index >= 15 is 0 Å². The van der Waals surface area contributed by atoms with E-state index in [1.807, 2.05) is 12.1 Å². The van der Waals surface area contributed by atoms with Gasteiger partial charge in [-0.25, -0.2) is 0 Å². The normalized spacial score (nSPS) is 21.5. The average Bonchev–Trinajstić information content (AvgIpc) is 2.97. The molecule has 1 amide bonds. The second-order valence-corrected chi connectivity index (χ2v) is 5.72. The van der Waals surface area contributed by atoms with Gasteiger partial charge in [-0.2, -0.15) is 5.10 Å². The van der Waals surface area contributed by atoms with Gasteiger partial charge in [-0.05, 0) is 37.8 Å². The van der Waals surface area contributed by atoms with E-state index < -0.39 is 0 Å². The van der Waals surface area contributed by atoms with Crippen molar-refractivity contribution in [2.45, 2.75) is 44.8 Å². The molecular formula is C16H21N3O3. The van der Waals surface area contributed by atoms with Crippen LogP contribution in [-0.4, -0.2) is 35.4 Å². The van der Waals surface area contributed by atoms with Crippen LogP contribution >= 0.6 is 0 Å². The van der Waals surface area contributed by atoms with Crippen molar-refractivity contribution in [3.8, 4) is 11.5 Å². The molecule has 6 nitrogen and oxygen atoms in total. The van der Waals surface area contributed by atoms with E-state index in [1.165, 1.54) is 0 Å². The van der Waals surface area contributed by atoms with E-state index in [0.29, 0.717) is 0 Å². The maximum atomic E-state index is 11.1. The fourth-order valence-corrected chi connectivity index (χ4v) is 3.07. The van der Waals surface area contributed by atoms with Crippen LogP contribution < -0.4 is 14.8 Å². The Morgan fingerprint density at radius 1 is 1.32 bits per heavy atom. The number of fused-ring (bicyclic) bond motifs is 1. The maximum absolute atomic E-state index is 11.1. The Hall–Kier alpha value is -2.24. The summed E-state index contributed by atoms with van der Waals surface area (Å²) in [7, 11) is 1.64. The van der Waals surface area contributed by atoms with Gasteiger partial charge in [-0.15, -0.1) is 0 Å². The number of nitrogens with zero attached hydrogens (tertiary/aromatic N) is 1. The lowest BCUT2D eigenvalue weighted by atomic mass is 9.93. The quantitative estimate of drug-likeness (QED) is 0.909. The number of nitrogens with one attached hydrogen (secondary N) is 2. The Labute approximate surface area is 129 Å². The molecule has 0 saturated heterocycles. The number of hydrogen-bond acceptors (Lipinski definition) is 4. The fourth-order valence-electron chi connectivity index (χ4n) is 3.07. The van der Waals surface area contributed by atoms with Gasteiger partial charge < -0.3 is 14.8 Å². The highest BCUT2D eigenvalue weighted by Crippen LogP contribution is 2.36. The Morgan fingerprint density at radius 2 is 2.09 bits per heavy atom. The van der Waals surface area contributed by atoms with Crippen molar-refractivity contribution in [3.63, 3.8) is 0 Å². The Kier molecular flexibility index (Phi) is 4.18. The standard InChI is InChI=1S/C16H21N3O3/c1-10(20)18-11-3-5-12(6-4-11)22-15-8-7-14-13(9-17-19-14)16(15)21-2/h7-9,11-12H,3-6H2,1-2H3,(H,17,19)(H,18,20)/t11-,12+. The van der Waals surface area contributed by atoms with E-state index in [1.54, 1.807) is 20.2 Å². The Morgan fingerprint density at radius 3 is 2.77 bits per heavy atom. The monoisotopic (exact) mass is 303 g/mol. The minimum absolute atomic E-state index is 0.0384. The number of benzene rings is 1. The summed E-state index contributed by atoms with van der Waals surface area (Å²) in [5.41, 5.74) is 0.929. The molecule has 0 radical (unpaired) electrons. The number of ether oxygens (including phenoxy) is 2. The molecular weight excluding hydrogens is 282 g/mol. The highest BCUT2D eigenvalue weighted by molar-refractivity contribution is 5.87. The molecule has 1 aliphatic rings. The maximum Gasteiger partial charge on any atom is 0.217 e. The number of carbonyl (C=O) groups excluding carboxylic acids is 1. The van der Waals surface area contributed by atoms with Crippen molar-refractivity contribution in [1.82, 2.24) is 15.5 Å². The van der Waals surface area contributed by atoms with Gasteiger partial charge in [0.15, 0.2) is 11.5 Å². The largest absolute Gasteiger partial charge is 0.492 e. The third-order valence-electron chi connectivity index (χ3n) is 4.12. The predicted molar refractivity (Wildman–Crippen MR) is 83.1 cm³/mol. The van der Waals surface area contributed by atoms with Crippen molar-refractivity contribution in [1.29, 1.82) is 0 Å². The van der Waals surface area contributed by atoms with Crippen molar-refractivity contribution in [2.75, 3.05) is 7.11 Å². The SMILES string of the molecule is COc1c(O[C@H]2CC[C@@H](NC(C)=O)CC2)ccc2[nH]ncc12. The number of methoxy groups -OCH3 is 1. The molecule has 22 heavy (non-hydrogen) atoms. The first-order valence-corrected chi connectivity index (χ1v) is 7.61. The lowest BCUT2D eigenvalue weighted by Crippen LogP contribution is -2.38. The highest BCUT2D eigenvalue weighted by Gasteiger charge is 2.24. The Balaban J connectivity index is 1.68. The van der Waals surface area contributed by atoms with Gasteiger partial charge in [0.2, 0.25) is 5.91 Å². The molecule has 3 rings (SSSR count). The van der Waals surface area contributed by atoms with Crippen LogP contribution in [0.15, 0.2) is 18.3 Å². The minimum Gasteiger partial charge on any atom is -0.492 e. The summed E-state index contributed by atoms with van der Waals surface area (Å²) in [5.74, 6) is 1.51. The minimum atomic E-state index is 0.0384. The van der Waals surface area contributed by atoms with Crippen LogP contribution in [0.4, 0.5) is 0 Å². The fraction of sp³-hybridized carbons (Fsp3) is 0.500. The van der Waals surface area contributed by atoms with Crippen molar-refractivity contribution in [3.05, 3.63) is 18.3 Å². The van der Waals surface area contributed by atoms with Crippen molar-refractivity contribution >= 4 is 16.8 Å².